The fraction of sp³-hybridized carbons (Fsp3) is 0.400. The zero-order chi connectivity index (χ0) is 6.20. The lowest BCUT2D eigenvalue weighted by Gasteiger charge is -2.10. The molecule has 0 saturated heterocycles. The highest BCUT2D eigenvalue weighted by molar-refractivity contribution is 6.39. The van der Waals surface area contributed by atoms with Crippen molar-refractivity contribution in [2.75, 3.05) is 14.1 Å². The molecule has 0 amide bonds. The molecule has 1 aliphatic heterocycles. The van der Waals surface area contributed by atoms with Crippen molar-refractivity contribution >= 4 is 17.8 Å². The first-order valence-corrected chi connectivity index (χ1v) is 2.76. The number of rotatable bonds is 0. The Hall–Kier alpha value is -0.340. The van der Waals surface area contributed by atoms with Crippen molar-refractivity contribution in [3.63, 3.8) is 0 Å². The Morgan fingerprint density at radius 3 is 2.38 bits per heavy atom. The number of halogens is 1. The molecule has 3 heteroatoms. The van der Waals surface area contributed by atoms with Gasteiger partial charge in [-0.3, -0.25) is 0 Å². The minimum Gasteiger partial charge on any atom is -0.176 e. The first kappa shape index (κ1) is 5.79. The average molecular weight is 132 g/mol. The van der Waals surface area contributed by atoms with Gasteiger partial charge in [0.15, 0.2) is 0 Å². The second-order valence-electron chi connectivity index (χ2n) is 2.24. The number of nitrogens with zero attached hydrogens (tertiary/aromatic N) is 2. The van der Waals surface area contributed by atoms with Crippen molar-refractivity contribution in [3.05, 3.63) is 11.2 Å². The first-order chi connectivity index (χ1) is 3.60. The van der Waals surface area contributed by atoms with Gasteiger partial charge in [0.2, 0.25) is 0 Å². The van der Waals surface area contributed by atoms with Crippen LogP contribution >= 0.6 is 11.6 Å². The summed E-state index contributed by atoms with van der Waals surface area (Å²) in [5, 5.41) is 4.75. The van der Waals surface area contributed by atoms with Gasteiger partial charge in [-0.05, 0) is 0 Å². The third-order valence-corrected chi connectivity index (χ3v) is 1.11. The predicted octanol–water partition coefficient (Wildman–Crippen LogP) is 1.14. The van der Waals surface area contributed by atoms with Crippen molar-refractivity contribution in [3.8, 4) is 0 Å². The van der Waals surface area contributed by atoms with E-state index in [1.54, 1.807) is 6.21 Å². The summed E-state index contributed by atoms with van der Waals surface area (Å²) in [6.07, 6.45) is 3.52. The van der Waals surface area contributed by atoms with Crippen LogP contribution in [0, 0.1) is 0 Å². The monoisotopic (exact) mass is 131 g/mol. The summed E-state index contributed by atoms with van der Waals surface area (Å²) in [5.41, 5.74) is 0. The highest BCUT2D eigenvalue weighted by atomic mass is 35.5. The smallest absolute Gasteiger partial charge is 0.143 e. The predicted molar refractivity (Wildman–Crippen MR) is 34.5 cm³/mol. The third-order valence-electron chi connectivity index (χ3n) is 0.918. The molecule has 0 aromatic heterocycles. The van der Waals surface area contributed by atoms with Crippen LogP contribution in [0.1, 0.15) is 0 Å². The van der Waals surface area contributed by atoms with E-state index in [1.165, 1.54) is 0 Å². The summed E-state index contributed by atoms with van der Waals surface area (Å²) in [4.78, 5) is 0. The summed E-state index contributed by atoms with van der Waals surface area (Å²) in [6, 6.07) is 0. The maximum absolute atomic E-state index is 5.59. The van der Waals surface area contributed by atoms with E-state index in [1.807, 2.05) is 20.3 Å². The van der Waals surface area contributed by atoms with Crippen LogP contribution < -0.4 is 0 Å². The van der Waals surface area contributed by atoms with E-state index >= 15 is 0 Å². The van der Waals surface area contributed by atoms with Crippen LogP contribution in [0.5, 0.6) is 0 Å². The molecular weight excluding hydrogens is 124 g/mol. The molecule has 1 heterocycles. The van der Waals surface area contributed by atoms with E-state index in [2.05, 4.69) is 5.10 Å². The molecule has 0 saturated carbocycles. The lowest BCUT2D eigenvalue weighted by Crippen LogP contribution is -2.22. The molecule has 0 fully saturated rings. The second-order valence-corrected chi connectivity index (χ2v) is 2.67. The van der Waals surface area contributed by atoms with E-state index in [9.17, 15) is 0 Å². The Morgan fingerprint density at radius 1 is 1.62 bits per heavy atom. The molecule has 1 aliphatic rings. The largest absolute Gasteiger partial charge is 0.176 e. The van der Waals surface area contributed by atoms with E-state index in [4.69, 9.17) is 11.6 Å². The molecule has 0 aromatic rings. The van der Waals surface area contributed by atoms with Crippen LogP contribution in [0.3, 0.4) is 0 Å². The Balaban J connectivity index is 2.84. The van der Waals surface area contributed by atoms with Crippen LogP contribution in [0.4, 0.5) is 0 Å². The van der Waals surface area contributed by atoms with Crippen LogP contribution in [0.25, 0.3) is 0 Å². The standard InChI is InChI=1S/C5H8ClN2/c1-8(2)4-5(6)3-7-8/h3-4H,1-2H3/q+1. The molecule has 0 aliphatic carbocycles. The van der Waals surface area contributed by atoms with E-state index in [0.29, 0.717) is 4.59 Å². The van der Waals surface area contributed by atoms with Crippen LogP contribution in [0.15, 0.2) is 16.3 Å². The maximum atomic E-state index is 5.59. The fourth-order valence-electron chi connectivity index (χ4n) is 0.572. The Morgan fingerprint density at radius 2 is 2.25 bits per heavy atom. The van der Waals surface area contributed by atoms with Crippen molar-refractivity contribution in [1.29, 1.82) is 0 Å². The van der Waals surface area contributed by atoms with Gasteiger partial charge in [-0.2, -0.15) is 4.59 Å². The van der Waals surface area contributed by atoms with Crippen LogP contribution in [-0.2, 0) is 0 Å². The first-order valence-electron chi connectivity index (χ1n) is 2.38. The summed E-state index contributed by atoms with van der Waals surface area (Å²) >= 11 is 5.59. The van der Waals surface area contributed by atoms with Gasteiger partial charge in [0, 0.05) is 0 Å². The van der Waals surface area contributed by atoms with Crippen molar-refractivity contribution in [2.24, 2.45) is 5.10 Å². The Labute approximate surface area is 53.6 Å². The van der Waals surface area contributed by atoms with Gasteiger partial charge in [-0.15, -0.1) is 0 Å². The van der Waals surface area contributed by atoms with E-state index in [-0.39, 0.29) is 0 Å². The molecule has 1 rings (SSSR count). The van der Waals surface area contributed by atoms with Gasteiger partial charge in [0.05, 0.1) is 14.1 Å². The Bertz CT molecular complexity index is 158. The average Bonchev–Trinajstić information content (AvgIpc) is 1.82. The van der Waals surface area contributed by atoms with Crippen molar-refractivity contribution < 1.29 is 4.59 Å². The number of quaternary nitrogens is 1. The summed E-state index contributed by atoms with van der Waals surface area (Å²) in [5.74, 6) is 0. The summed E-state index contributed by atoms with van der Waals surface area (Å²) in [6.45, 7) is 0. The molecule has 44 valence electrons. The van der Waals surface area contributed by atoms with Gasteiger partial charge < -0.3 is 0 Å². The highest BCUT2D eigenvalue weighted by Crippen LogP contribution is 2.13. The van der Waals surface area contributed by atoms with Crippen LogP contribution in [0.2, 0.25) is 0 Å². The lowest BCUT2D eigenvalue weighted by atomic mass is 10.6. The molecule has 0 N–H and O–H groups in total. The molecule has 0 atom stereocenters. The molecule has 0 unspecified atom stereocenters. The molecule has 8 heavy (non-hydrogen) atoms. The van der Waals surface area contributed by atoms with E-state index in [0.717, 1.165) is 5.03 Å². The Kier molecular flexibility index (Phi) is 1.14. The minimum atomic E-state index is 0.513. The quantitative estimate of drug-likeness (QED) is 0.438. The van der Waals surface area contributed by atoms with Gasteiger partial charge in [-0.25, -0.2) is 0 Å². The summed E-state index contributed by atoms with van der Waals surface area (Å²) < 4.78 is 0.513. The van der Waals surface area contributed by atoms with Crippen molar-refractivity contribution in [1.82, 2.24) is 0 Å². The fourth-order valence-corrected chi connectivity index (χ4v) is 0.855. The molecule has 0 aromatic carbocycles. The number of hydrogen-bond acceptors (Lipinski definition) is 1. The van der Waals surface area contributed by atoms with Gasteiger partial charge in [0.1, 0.15) is 17.4 Å². The molecule has 0 spiro atoms. The molecule has 0 bridgehead atoms. The maximum Gasteiger partial charge on any atom is 0.143 e. The van der Waals surface area contributed by atoms with Gasteiger partial charge in [0.25, 0.3) is 0 Å². The normalized spacial score (nSPS) is 23.6. The molecular formula is C5H8ClN2+. The zero-order valence-electron chi connectivity index (χ0n) is 4.93. The third kappa shape index (κ3) is 1.08. The highest BCUT2D eigenvalue weighted by Gasteiger charge is 2.15. The number of hydrogen-bond donors (Lipinski definition) is 0. The minimum absolute atomic E-state index is 0.513. The lowest BCUT2D eigenvalue weighted by molar-refractivity contribution is -0.842. The number of allylic oxidation sites excluding steroid dienone is 1. The topological polar surface area (TPSA) is 12.4 Å². The summed E-state index contributed by atoms with van der Waals surface area (Å²) in [7, 11) is 3.90. The van der Waals surface area contributed by atoms with E-state index < -0.39 is 0 Å². The molecule has 2 nitrogen and oxygen atoms in total. The second kappa shape index (κ2) is 1.57. The van der Waals surface area contributed by atoms with Gasteiger partial charge in [-0.1, -0.05) is 16.7 Å². The molecule has 0 radical (unpaired) electrons. The van der Waals surface area contributed by atoms with Crippen molar-refractivity contribution in [2.45, 2.75) is 0 Å². The van der Waals surface area contributed by atoms with Crippen LogP contribution in [-0.4, -0.2) is 24.9 Å². The zero-order valence-corrected chi connectivity index (χ0v) is 5.68. The van der Waals surface area contributed by atoms with Gasteiger partial charge >= 0.3 is 0 Å². The SMILES string of the molecule is C[N+]1(C)C=C(Cl)C=N1.